The van der Waals surface area contributed by atoms with Gasteiger partial charge >= 0.3 is 5.97 Å². The van der Waals surface area contributed by atoms with E-state index in [1.54, 1.807) is 39.2 Å². The Hall–Kier alpha value is -1.58. The van der Waals surface area contributed by atoms with E-state index in [4.69, 9.17) is 9.15 Å². The van der Waals surface area contributed by atoms with Gasteiger partial charge in [0.2, 0.25) is 0 Å². The van der Waals surface area contributed by atoms with E-state index in [2.05, 4.69) is 4.99 Å². The molecule has 1 atom stereocenters. The quantitative estimate of drug-likeness (QED) is 0.563. The largest absolute Gasteiger partial charge is 0.463 e. The maximum absolute atomic E-state index is 11.3. The van der Waals surface area contributed by atoms with Crippen LogP contribution in [0.4, 0.5) is 0 Å². The van der Waals surface area contributed by atoms with Crippen LogP contribution >= 0.6 is 0 Å². The van der Waals surface area contributed by atoms with Gasteiger partial charge in [0, 0.05) is 0 Å². The summed E-state index contributed by atoms with van der Waals surface area (Å²) in [6.45, 7) is 5.30. The van der Waals surface area contributed by atoms with Crippen molar-refractivity contribution in [2.24, 2.45) is 4.99 Å². The number of ether oxygens (including phenoxy) is 1. The zero-order chi connectivity index (χ0) is 11.3. The molecule has 1 heterocycles. The van der Waals surface area contributed by atoms with Crippen LogP contribution in [0.3, 0.4) is 0 Å². The lowest BCUT2D eigenvalue weighted by atomic mass is 10.3. The first-order valence-corrected chi connectivity index (χ1v) is 4.86. The molecule has 15 heavy (non-hydrogen) atoms. The molecule has 0 spiro atoms. The van der Waals surface area contributed by atoms with Gasteiger partial charge < -0.3 is 9.15 Å². The van der Waals surface area contributed by atoms with E-state index in [1.165, 1.54) is 6.21 Å². The summed E-state index contributed by atoms with van der Waals surface area (Å²) in [5.74, 6) is 0.298. The summed E-state index contributed by atoms with van der Waals surface area (Å²) in [7, 11) is 0. The summed E-state index contributed by atoms with van der Waals surface area (Å²) in [5, 5.41) is 0. The number of hydrogen-bond donors (Lipinski definition) is 0. The van der Waals surface area contributed by atoms with Crippen molar-refractivity contribution in [1.29, 1.82) is 0 Å². The fourth-order valence-corrected chi connectivity index (χ4v) is 0.942. The van der Waals surface area contributed by atoms with Gasteiger partial charge in [-0.15, -0.1) is 0 Å². The number of hydrogen-bond acceptors (Lipinski definition) is 4. The Kier molecular flexibility index (Phi) is 4.09. The molecule has 1 rings (SSSR count). The molecule has 1 aromatic heterocycles. The van der Waals surface area contributed by atoms with Crippen LogP contribution in [-0.2, 0) is 9.53 Å². The molecule has 0 fully saturated rings. The van der Waals surface area contributed by atoms with Crippen LogP contribution in [0.25, 0.3) is 0 Å². The maximum Gasteiger partial charge on any atom is 0.330 e. The lowest BCUT2D eigenvalue weighted by Gasteiger charge is -2.09. The topological polar surface area (TPSA) is 51.8 Å². The molecule has 4 heteroatoms. The van der Waals surface area contributed by atoms with Crippen molar-refractivity contribution in [3.8, 4) is 0 Å². The predicted molar refractivity (Wildman–Crippen MR) is 57.0 cm³/mol. The molecule has 0 saturated heterocycles. The van der Waals surface area contributed by atoms with Gasteiger partial charge in [-0.2, -0.15) is 0 Å². The first kappa shape index (κ1) is 11.5. The minimum atomic E-state index is -0.502. The average molecular weight is 209 g/mol. The summed E-state index contributed by atoms with van der Waals surface area (Å²) < 4.78 is 10.0. The fourth-order valence-electron chi connectivity index (χ4n) is 0.942. The Labute approximate surface area is 89.0 Å². The third kappa shape index (κ3) is 3.97. The molecule has 82 valence electrons. The van der Waals surface area contributed by atoms with Gasteiger partial charge in [-0.1, -0.05) is 0 Å². The second-order valence-electron chi connectivity index (χ2n) is 3.46. The van der Waals surface area contributed by atoms with E-state index >= 15 is 0 Å². The van der Waals surface area contributed by atoms with Crippen molar-refractivity contribution in [3.63, 3.8) is 0 Å². The van der Waals surface area contributed by atoms with Gasteiger partial charge in [-0.25, -0.2) is 4.79 Å². The standard InChI is InChI=1S/C11H15NO3/c1-8(2)15-11(13)9(3)12-7-10-5-4-6-14-10/h4-9H,1-3H3/t9-/m0/s1. The molecule has 0 amide bonds. The number of esters is 1. The van der Waals surface area contributed by atoms with Gasteiger partial charge in [-0.05, 0) is 32.9 Å². The smallest absolute Gasteiger partial charge is 0.330 e. The van der Waals surface area contributed by atoms with Crippen LogP contribution in [0.2, 0.25) is 0 Å². The Balaban J connectivity index is 2.48. The highest BCUT2D eigenvalue weighted by atomic mass is 16.5. The molecule has 0 unspecified atom stereocenters. The van der Waals surface area contributed by atoms with Crippen molar-refractivity contribution < 1.29 is 13.9 Å². The van der Waals surface area contributed by atoms with Crippen LogP contribution in [0.15, 0.2) is 27.8 Å². The molecule has 0 aliphatic heterocycles. The maximum atomic E-state index is 11.3. The number of rotatable bonds is 4. The molecular weight excluding hydrogens is 194 g/mol. The Morgan fingerprint density at radius 1 is 1.53 bits per heavy atom. The number of carbonyl (C=O) groups is 1. The van der Waals surface area contributed by atoms with Crippen LogP contribution < -0.4 is 0 Å². The van der Waals surface area contributed by atoms with E-state index in [9.17, 15) is 4.79 Å². The molecule has 0 N–H and O–H groups in total. The molecule has 0 aliphatic rings. The molecule has 0 aliphatic carbocycles. The third-order valence-electron chi connectivity index (χ3n) is 1.66. The summed E-state index contributed by atoms with van der Waals surface area (Å²) in [5.41, 5.74) is 0. The van der Waals surface area contributed by atoms with Crippen LogP contribution in [-0.4, -0.2) is 24.3 Å². The molecule has 0 aromatic carbocycles. The SMILES string of the molecule is CC(C)OC(=O)[C@H](C)N=Cc1ccco1. The average Bonchev–Trinajstić information content (AvgIpc) is 2.65. The highest BCUT2D eigenvalue weighted by Gasteiger charge is 2.13. The Morgan fingerprint density at radius 2 is 2.27 bits per heavy atom. The van der Waals surface area contributed by atoms with Crippen LogP contribution in [0.5, 0.6) is 0 Å². The zero-order valence-corrected chi connectivity index (χ0v) is 9.14. The van der Waals surface area contributed by atoms with Gasteiger partial charge in [0.05, 0.1) is 18.6 Å². The minimum absolute atomic E-state index is 0.112. The molecule has 1 aromatic rings. The number of carbonyl (C=O) groups excluding carboxylic acids is 1. The fraction of sp³-hybridized carbons (Fsp3) is 0.455. The van der Waals surface area contributed by atoms with E-state index < -0.39 is 6.04 Å². The Morgan fingerprint density at radius 3 is 2.80 bits per heavy atom. The minimum Gasteiger partial charge on any atom is -0.463 e. The summed E-state index contributed by atoms with van der Waals surface area (Å²) >= 11 is 0. The van der Waals surface area contributed by atoms with E-state index in [0.29, 0.717) is 5.76 Å². The molecule has 0 saturated carbocycles. The highest BCUT2D eigenvalue weighted by Crippen LogP contribution is 2.00. The van der Waals surface area contributed by atoms with Crippen LogP contribution in [0.1, 0.15) is 26.5 Å². The van der Waals surface area contributed by atoms with Crippen molar-refractivity contribution >= 4 is 12.2 Å². The van der Waals surface area contributed by atoms with E-state index in [1.807, 2.05) is 0 Å². The predicted octanol–water partition coefficient (Wildman–Crippen LogP) is 2.04. The van der Waals surface area contributed by atoms with Gasteiger partial charge in [0.15, 0.2) is 0 Å². The van der Waals surface area contributed by atoms with Gasteiger partial charge in [0.1, 0.15) is 11.8 Å². The van der Waals surface area contributed by atoms with E-state index in [0.717, 1.165) is 0 Å². The Bertz CT molecular complexity index is 328. The van der Waals surface area contributed by atoms with Crippen molar-refractivity contribution in [1.82, 2.24) is 0 Å². The van der Waals surface area contributed by atoms with Crippen molar-refractivity contribution in [2.75, 3.05) is 0 Å². The third-order valence-corrected chi connectivity index (χ3v) is 1.66. The molecule has 4 nitrogen and oxygen atoms in total. The first-order valence-electron chi connectivity index (χ1n) is 4.86. The van der Waals surface area contributed by atoms with E-state index in [-0.39, 0.29) is 12.1 Å². The van der Waals surface area contributed by atoms with Crippen LogP contribution in [0, 0.1) is 0 Å². The normalized spacial score (nSPS) is 13.3. The first-order chi connectivity index (χ1) is 7.09. The molecular formula is C11H15NO3. The van der Waals surface area contributed by atoms with Crippen molar-refractivity contribution in [2.45, 2.75) is 32.9 Å². The second-order valence-corrected chi connectivity index (χ2v) is 3.46. The van der Waals surface area contributed by atoms with Gasteiger partial charge in [-0.3, -0.25) is 4.99 Å². The second kappa shape index (κ2) is 5.34. The highest BCUT2D eigenvalue weighted by molar-refractivity contribution is 5.81. The summed E-state index contributed by atoms with van der Waals surface area (Å²) in [6, 6.07) is 3.03. The number of furan rings is 1. The monoisotopic (exact) mass is 209 g/mol. The summed E-state index contributed by atoms with van der Waals surface area (Å²) in [4.78, 5) is 15.4. The molecule has 0 bridgehead atoms. The number of nitrogens with zero attached hydrogens (tertiary/aromatic N) is 1. The zero-order valence-electron chi connectivity index (χ0n) is 9.14. The lowest BCUT2D eigenvalue weighted by Crippen LogP contribution is -2.21. The summed E-state index contributed by atoms with van der Waals surface area (Å²) in [6.07, 6.45) is 2.96. The number of aliphatic imine (C=N–C) groups is 1. The molecule has 0 radical (unpaired) electrons. The van der Waals surface area contributed by atoms with Gasteiger partial charge in [0.25, 0.3) is 0 Å². The lowest BCUT2D eigenvalue weighted by molar-refractivity contribution is -0.148. The van der Waals surface area contributed by atoms with Crippen molar-refractivity contribution in [3.05, 3.63) is 24.2 Å².